The van der Waals surface area contributed by atoms with Gasteiger partial charge >= 0.3 is 11.9 Å². The molecule has 6 N–H and O–H groups in total. The molecule has 0 spiro atoms. The molecule has 12 heteroatoms. The molecule has 0 aliphatic carbocycles. The van der Waals surface area contributed by atoms with E-state index in [0.29, 0.717) is 23.3 Å². The van der Waals surface area contributed by atoms with Crippen LogP contribution in [0, 0.1) is 0 Å². The van der Waals surface area contributed by atoms with E-state index in [-0.39, 0.29) is 7.43 Å². The first kappa shape index (κ1) is 39.7. The van der Waals surface area contributed by atoms with Gasteiger partial charge in [-0.25, -0.2) is 9.59 Å². The maximum Gasteiger partial charge on any atom is 0.337 e. The van der Waals surface area contributed by atoms with Gasteiger partial charge in [0.15, 0.2) is 12.2 Å². The van der Waals surface area contributed by atoms with Crippen LogP contribution in [0.15, 0.2) is 83.6 Å². The smallest absolute Gasteiger partial charge is 0.337 e. The zero-order chi connectivity index (χ0) is 33.3. The molecule has 4 atom stereocenters. The van der Waals surface area contributed by atoms with Crippen LogP contribution in [0.3, 0.4) is 0 Å². The highest BCUT2D eigenvalue weighted by Crippen LogP contribution is 2.32. The summed E-state index contributed by atoms with van der Waals surface area (Å²) in [4.78, 5) is 23.3. The van der Waals surface area contributed by atoms with E-state index in [2.05, 4.69) is 33.5 Å². The number of benzene rings is 2. The average molecular weight is 687 g/mol. The van der Waals surface area contributed by atoms with Gasteiger partial charge in [-0.05, 0) is 72.1 Å². The first-order valence-electron chi connectivity index (χ1n) is 14.8. The number of hydrogen-bond acceptors (Lipinski definition) is 10. The number of nitrogens with one attached hydrogen (secondary N) is 2. The maximum absolute atomic E-state index is 10.2. The molecule has 2 aliphatic heterocycles. The lowest BCUT2D eigenvalue weighted by molar-refractivity contribution is -0.147. The molecule has 2 aliphatic rings. The van der Waals surface area contributed by atoms with E-state index in [0.717, 1.165) is 39.1 Å². The Morgan fingerprint density at radius 3 is 1.38 bits per heavy atom. The molecule has 0 amide bonds. The van der Waals surface area contributed by atoms with Crippen molar-refractivity contribution in [2.75, 3.05) is 40.4 Å². The predicted octanol–water partition coefficient (Wildman–Crippen LogP) is 5.41. The fourth-order valence-electron chi connectivity index (χ4n) is 4.68. The molecule has 0 bridgehead atoms. The van der Waals surface area contributed by atoms with Crippen LogP contribution in [0.4, 0.5) is 0 Å². The van der Waals surface area contributed by atoms with Gasteiger partial charge in [0, 0.05) is 22.8 Å². The monoisotopic (exact) mass is 686 g/mol. The molecule has 0 fully saturated rings. The molecule has 2 aromatic heterocycles. The van der Waals surface area contributed by atoms with Gasteiger partial charge in [-0.1, -0.05) is 68.1 Å². The average Bonchev–Trinajstić information content (AvgIpc) is 3.77. The minimum absolute atomic E-state index is 0. The van der Waals surface area contributed by atoms with Gasteiger partial charge in [0.2, 0.25) is 0 Å². The van der Waals surface area contributed by atoms with Gasteiger partial charge in [-0.2, -0.15) is 0 Å². The predicted molar refractivity (Wildman–Crippen MR) is 186 cm³/mol. The zero-order valence-corrected chi connectivity index (χ0v) is 27.5. The third-order valence-corrected chi connectivity index (χ3v) is 9.11. The van der Waals surface area contributed by atoms with E-state index in [9.17, 15) is 9.59 Å². The molecule has 0 saturated carbocycles. The number of thiophene rings is 2. The third kappa shape index (κ3) is 12.6. The molecule has 4 heterocycles. The Bertz CT molecular complexity index is 1340. The Labute approximate surface area is 284 Å². The van der Waals surface area contributed by atoms with Crippen molar-refractivity contribution in [3.63, 3.8) is 0 Å². The lowest BCUT2D eigenvalue weighted by Crippen LogP contribution is -2.23. The van der Waals surface area contributed by atoms with Crippen molar-refractivity contribution in [1.82, 2.24) is 10.6 Å². The number of aliphatic hydroxyl groups is 2. The van der Waals surface area contributed by atoms with Crippen LogP contribution in [0.1, 0.15) is 63.9 Å². The summed E-state index contributed by atoms with van der Waals surface area (Å²) in [6, 6.07) is 21.0. The molecule has 256 valence electrons. The third-order valence-electron chi connectivity index (χ3n) is 7.00. The highest BCUT2D eigenvalue weighted by molar-refractivity contribution is 7.10. The fraction of sp³-hybridized carbons (Fsp3) is 0.371. The van der Waals surface area contributed by atoms with Crippen LogP contribution >= 0.6 is 22.7 Å². The SMILES string of the molecule is C.CNC[C@@H]1OCCc2ccsc21.CNC[C@@H]1OCCc2ccsc21.O=C(O)[C@H](O)c1ccccc1.O=C(O)[C@H](O)c1ccccc1. The molecule has 4 aromatic rings. The number of carboxylic acid groups (broad SMARTS) is 2. The number of rotatable bonds is 8. The molecule has 47 heavy (non-hydrogen) atoms. The summed E-state index contributed by atoms with van der Waals surface area (Å²) < 4.78 is 11.3. The van der Waals surface area contributed by atoms with Crippen molar-refractivity contribution in [3.05, 3.63) is 116 Å². The number of aliphatic carboxylic acids is 2. The lowest BCUT2D eigenvalue weighted by atomic mass is 10.1. The highest BCUT2D eigenvalue weighted by Gasteiger charge is 2.22. The molecule has 2 aromatic carbocycles. The van der Waals surface area contributed by atoms with Gasteiger partial charge < -0.3 is 40.5 Å². The lowest BCUT2D eigenvalue weighted by Gasteiger charge is -2.22. The van der Waals surface area contributed by atoms with E-state index in [1.165, 1.54) is 20.9 Å². The number of carbonyl (C=O) groups is 2. The molecule has 10 nitrogen and oxygen atoms in total. The van der Waals surface area contributed by atoms with Crippen LogP contribution < -0.4 is 10.6 Å². The van der Waals surface area contributed by atoms with E-state index in [4.69, 9.17) is 29.9 Å². The van der Waals surface area contributed by atoms with Gasteiger partial charge in [-0.15, -0.1) is 22.7 Å². The topological polar surface area (TPSA) is 158 Å². The maximum atomic E-state index is 10.2. The number of carboxylic acids is 2. The number of aliphatic hydroxyl groups excluding tert-OH is 2. The van der Waals surface area contributed by atoms with Crippen molar-refractivity contribution < 1.29 is 39.5 Å². The van der Waals surface area contributed by atoms with E-state index >= 15 is 0 Å². The Balaban J connectivity index is 0.000000217. The number of hydrogen-bond donors (Lipinski definition) is 6. The fourth-order valence-corrected chi connectivity index (χ4v) is 6.68. The summed E-state index contributed by atoms with van der Waals surface area (Å²) >= 11 is 3.62. The molecule has 0 unspecified atom stereocenters. The van der Waals surface area contributed by atoms with Crippen molar-refractivity contribution >= 4 is 34.6 Å². The van der Waals surface area contributed by atoms with E-state index < -0.39 is 24.1 Å². The Morgan fingerprint density at radius 2 is 1.06 bits per heavy atom. The minimum Gasteiger partial charge on any atom is -0.479 e. The van der Waals surface area contributed by atoms with Gasteiger partial charge in [0.25, 0.3) is 0 Å². The van der Waals surface area contributed by atoms with Gasteiger partial charge in [-0.3, -0.25) is 0 Å². The summed E-state index contributed by atoms with van der Waals surface area (Å²) in [6.45, 7) is 3.59. The standard InChI is InChI=1S/2C9H13NOS.2C8H8O3.CH4/c2*1-10-6-8-9-7(2-4-11-8)3-5-12-9;2*9-7(8(10)11)6-4-2-1-3-5-6;/h2*3,5,8,10H,2,4,6H2,1H3;2*1-5,7,9H,(H,10,11);1H4/t2*8-;2*7-;/m0011./s1. The summed E-state index contributed by atoms with van der Waals surface area (Å²) in [5.41, 5.74) is 3.76. The molecule has 0 saturated heterocycles. The van der Waals surface area contributed by atoms with Gasteiger partial charge in [0.05, 0.1) is 13.2 Å². The zero-order valence-electron chi connectivity index (χ0n) is 25.9. The molecule has 6 rings (SSSR count). The highest BCUT2D eigenvalue weighted by atomic mass is 32.1. The Kier molecular flexibility index (Phi) is 18.1. The summed E-state index contributed by atoms with van der Waals surface area (Å²) in [5.74, 6) is -2.45. The van der Waals surface area contributed by atoms with Gasteiger partial charge in [0.1, 0.15) is 12.2 Å². The number of ether oxygens (including phenoxy) is 2. The number of likely N-dealkylation sites (N-methyl/N-ethyl adjacent to an activating group) is 2. The first-order chi connectivity index (χ1) is 22.3. The normalized spacial score (nSPS) is 17.2. The van der Waals surface area contributed by atoms with E-state index in [1.54, 1.807) is 60.7 Å². The Morgan fingerprint density at radius 1 is 0.702 bits per heavy atom. The van der Waals surface area contributed by atoms with Crippen LogP contribution in [0.25, 0.3) is 0 Å². The second kappa shape index (κ2) is 21.4. The largest absolute Gasteiger partial charge is 0.479 e. The van der Waals surface area contributed by atoms with E-state index in [1.807, 2.05) is 36.8 Å². The quantitative estimate of drug-likeness (QED) is 0.142. The molecular formula is C35H46N2O8S2. The second-order valence-electron chi connectivity index (χ2n) is 10.3. The van der Waals surface area contributed by atoms with Crippen molar-refractivity contribution in [2.24, 2.45) is 0 Å². The summed E-state index contributed by atoms with van der Waals surface area (Å²) in [5, 5.41) is 45.4. The molecule has 0 radical (unpaired) electrons. The van der Waals surface area contributed by atoms with Crippen molar-refractivity contribution in [3.8, 4) is 0 Å². The Hall–Kier alpha value is -3.46. The summed E-state index contributed by atoms with van der Waals surface area (Å²) in [7, 11) is 3.93. The van der Waals surface area contributed by atoms with Crippen molar-refractivity contribution in [1.29, 1.82) is 0 Å². The second-order valence-corrected chi connectivity index (χ2v) is 12.2. The van der Waals surface area contributed by atoms with Crippen molar-refractivity contribution in [2.45, 2.75) is 44.7 Å². The van der Waals surface area contributed by atoms with Crippen LogP contribution in [-0.2, 0) is 31.9 Å². The number of fused-ring (bicyclic) bond motifs is 2. The minimum atomic E-state index is -1.41. The van der Waals surface area contributed by atoms with Crippen LogP contribution in [-0.4, -0.2) is 72.8 Å². The van der Waals surface area contributed by atoms with Crippen LogP contribution in [0.2, 0.25) is 0 Å². The molecular weight excluding hydrogens is 641 g/mol. The summed E-state index contributed by atoms with van der Waals surface area (Å²) in [6.07, 6.45) is -0.0668. The van der Waals surface area contributed by atoms with Crippen LogP contribution in [0.5, 0.6) is 0 Å². The first-order valence-corrected chi connectivity index (χ1v) is 16.6.